The van der Waals surface area contributed by atoms with E-state index in [0.29, 0.717) is 10.6 Å². The van der Waals surface area contributed by atoms with E-state index in [1.165, 1.54) is 18.7 Å². The number of rotatable bonds is 2. The molecule has 3 nitrogen and oxygen atoms in total. The van der Waals surface area contributed by atoms with Crippen molar-refractivity contribution in [1.29, 1.82) is 0 Å². The quantitative estimate of drug-likeness (QED) is 0.836. The van der Waals surface area contributed by atoms with Gasteiger partial charge in [-0.1, -0.05) is 43.5 Å². The van der Waals surface area contributed by atoms with Crippen LogP contribution in [0.4, 0.5) is 0 Å². The fraction of sp³-hybridized carbons (Fsp3) is 0.571. The molecule has 19 heavy (non-hydrogen) atoms. The number of aromatic nitrogens is 1. The van der Waals surface area contributed by atoms with Crippen LogP contribution in [0.15, 0.2) is 12.3 Å². The molecule has 1 amide bonds. The van der Waals surface area contributed by atoms with Crippen LogP contribution in [0.2, 0.25) is 10.2 Å². The van der Waals surface area contributed by atoms with Crippen LogP contribution in [0, 0.1) is 5.41 Å². The first kappa shape index (κ1) is 14.6. The van der Waals surface area contributed by atoms with Gasteiger partial charge in [-0.15, -0.1) is 0 Å². The van der Waals surface area contributed by atoms with Gasteiger partial charge < -0.3 is 5.32 Å². The minimum atomic E-state index is -0.169. The second-order valence-electron chi connectivity index (χ2n) is 5.92. The maximum atomic E-state index is 12.2. The normalized spacial score (nSPS) is 22.0. The standard InChI is InChI=1S/C14H18Cl2N2O/c1-14(2)5-3-4-9(7-14)18-13(19)10-6-12(16)17-8-11(10)15/h6,8-9H,3-5,7H2,1-2H3,(H,18,19). The maximum Gasteiger partial charge on any atom is 0.253 e. The highest BCUT2D eigenvalue weighted by atomic mass is 35.5. The van der Waals surface area contributed by atoms with Crippen molar-refractivity contribution in [2.45, 2.75) is 45.6 Å². The van der Waals surface area contributed by atoms with E-state index in [2.05, 4.69) is 24.1 Å². The molecule has 1 aromatic rings. The van der Waals surface area contributed by atoms with Gasteiger partial charge in [0, 0.05) is 12.2 Å². The van der Waals surface area contributed by atoms with E-state index in [9.17, 15) is 4.79 Å². The molecule has 2 rings (SSSR count). The molecule has 0 bridgehead atoms. The van der Waals surface area contributed by atoms with Crippen molar-refractivity contribution >= 4 is 29.1 Å². The van der Waals surface area contributed by atoms with E-state index in [4.69, 9.17) is 23.2 Å². The third-order valence-electron chi connectivity index (χ3n) is 3.61. The molecular formula is C14H18Cl2N2O. The molecule has 1 atom stereocenters. The van der Waals surface area contributed by atoms with Crippen molar-refractivity contribution in [3.63, 3.8) is 0 Å². The Morgan fingerprint density at radius 1 is 1.47 bits per heavy atom. The molecule has 1 saturated carbocycles. The lowest BCUT2D eigenvalue weighted by Gasteiger charge is -2.35. The molecule has 0 spiro atoms. The first-order valence-electron chi connectivity index (χ1n) is 6.49. The van der Waals surface area contributed by atoms with Gasteiger partial charge in [-0.05, 0) is 30.7 Å². The molecule has 0 radical (unpaired) electrons. The van der Waals surface area contributed by atoms with Crippen LogP contribution in [0.25, 0.3) is 0 Å². The minimum absolute atomic E-state index is 0.169. The smallest absolute Gasteiger partial charge is 0.253 e. The van der Waals surface area contributed by atoms with Gasteiger partial charge in [0.05, 0.1) is 10.6 Å². The molecule has 1 aromatic heterocycles. The molecule has 1 aliphatic rings. The van der Waals surface area contributed by atoms with E-state index in [1.54, 1.807) is 0 Å². The number of halogens is 2. The third kappa shape index (κ3) is 3.83. The largest absolute Gasteiger partial charge is 0.349 e. The predicted octanol–water partition coefficient (Wildman–Crippen LogP) is 4.09. The summed E-state index contributed by atoms with van der Waals surface area (Å²) in [6.45, 7) is 4.48. The number of nitrogens with zero attached hydrogens (tertiary/aromatic N) is 1. The van der Waals surface area contributed by atoms with E-state index in [1.807, 2.05) is 0 Å². The number of pyridine rings is 1. The van der Waals surface area contributed by atoms with Crippen molar-refractivity contribution in [2.24, 2.45) is 5.41 Å². The number of hydrogen-bond acceptors (Lipinski definition) is 2. The number of carbonyl (C=O) groups is 1. The van der Waals surface area contributed by atoms with Crippen molar-refractivity contribution in [3.05, 3.63) is 28.0 Å². The van der Waals surface area contributed by atoms with Gasteiger partial charge in [-0.2, -0.15) is 0 Å². The van der Waals surface area contributed by atoms with E-state index >= 15 is 0 Å². The average molecular weight is 301 g/mol. The summed E-state index contributed by atoms with van der Waals surface area (Å²) in [7, 11) is 0. The maximum absolute atomic E-state index is 12.2. The molecule has 1 aliphatic carbocycles. The summed E-state index contributed by atoms with van der Waals surface area (Å²) in [5, 5.41) is 3.66. The SMILES string of the molecule is CC1(C)CCCC(NC(=O)c2cc(Cl)ncc2Cl)C1. The summed E-state index contributed by atoms with van der Waals surface area (Å²) < 4.78 is 0. The lowest BCUT2D eigenvalue weighted by atomic mass is 9.75. The summed E-state index contributed by atoms with van der Waals surface area (Å²) >= 11 is 11.8. The summed E-state index contributed by atoms with van der Waals surface area (Å²) in [4.78, 5) is 16.1. The summed E-state index contributed by atoms with van der Waals surface area (Å²) in [5.74, 6) is -0.169. The van der Waals surface area contributed by atoms with Crippen LogP contribution >= 0.6 is 23.2 Å². The van der Waals surface area contributed by atoms with Gasteiger partial charge in [0.25, 0.3) is 5.91 Å². The molecule has 5 heteroatoms. The Hall–Kier alpha value is -0.800. The fourth-order valence-corrected chi connectivity index (χ4v) is 3.02. The van der Waals surface area contributed by atoms with Crippen molar-refractivity contribution in [1.82, 2.24) is 10.3 Å². The highest BCUT2D eigenvalue weighted by molar-refractivity contribution is 6.35. The molecule has 0 aliphatic heterocycles. The van der Waals surface area contributed by atoms with Gasteiger partial charge in [0.15, 0.2) is 0 Å². The molecule has 0 saturated heterocycles. The zero-order valence-electron chi connectivity index (χ0n) is 11.2. The van der Waals surface area contributed by atoms with Crippen molar-refractivity contribution in [2.75, 3.05) is 0 Å². The Morgan fingerprint density at radius 2 is 2.21 bits per heavy atom. The number of nitrogens with one attached hydrogen (secondary N) is 1. The second kappa shape index (κ2) is 5.68. The van der Waals surface area contributed by atoms with Crippen LogP contribution in [0.1, 0.15) is 49.9 Å². The Labute approximate surface area is 123 Å². The first-order chi connectivity index (χ1) is 8.87. The molecule has 1 heterocycles. The van der Waals surface area contributed by atoms with Crippen LogP contribution in [-0.2, 0) is 0 Å². The van der Waals surface area contributed by atoms with Crippen LogP contribution < -0.4 is 5.32 Å². The van der Waals surface area contributed by atoms with Crippen molar-refractivity contribution in [3.8, 4) is 0 Å². The molecule has 1 unspecified atom stereocenters. The fourth-order valence-electron chi connectivity index (χ4n) is 2.67. The zero-order chi connectivity index (χ0) is 14.0. The summed E-state index contributed by atoms with van der Waals surface area (Å²) in [5.41, 5.74) is 0.681. The molecule has 0 aromatic carbocycles. The molecule has 1 fully saturated rings. The van der Waals surface area contributed by atoms with Crippen LogP contribution in [-0.4, -0.2) is 16.9 Å². The van der Waals surface area contributed by atoms with E-state index < -0.39 is 0 Å². The van der Waals surface area contributed by atoms with Gasteiger partial charge >= 0.3 is 0 Å². The monoisotopic (exact) mass is 300 g/mol. The molecule has 1 N–H and O–H groups in total. The molecule has 104 valence electrons. The van der Waals surface area contributed by atoms with Gasteiger partial charge in [0.1, 0.15) is 5.15 Å². The summed E-state index contributed by atoms with van der Waals surface area (Å²) in [6.07, 6.45) is 5.77. The molecular weight excluding hydrogens is 283 g/mol. The van der Waals surface area contributed by atoms with Crippen LogP contribution in [0.3, 0.4) is 0 Å². The van der Waals surface area contributed by atoms with E-state index in [0.717, 1.165) is 19.3 Å². The number of amides is 1. The topological polar surface area (TPSA) is 42.0 Å². The van der Waals surface area contributed by atoms with Crippen LogP contribution in [0.5, 0.6) is 0 Å². The second-order valence-corrected chi connectivity index (χ2v) is 6.71. The number of hydrogen-bond donors (Lipinski definition) is 1. The van der Waals surface area contributed by atoms with Crippen molar-refractivity contribution < 1.29 is 4.79 Å². The zero-order valence-corrected chi connectivity index (χ0v) is 12.7. The first-order valence-corrected chi connectivity index (χ1v) is 7.25. The Morgan fingerprint density at radius 3 is 2.89 bits per heavy atom. The Balaban J connectivity index is 2.06. The van der Waals surface area contributed by atoms with Gasteiger partial charge in [0.2, 0.25) is 0 Å². The number of carbonyl (C=O) groups excluding carboxylic acids is 1. The highest BCUT2D eigenvalue weighted by Gasteiger charge is 2.29. The lowest BCUT2D eigenvalue weighted by Crippen LogP contribution is -2.40. The van der Waals surface area contributed by atoms with E-state index in [-0.39, 0.29) is 22.5 Å². The average Bonchev–Trinajstić information content (AvgIpc) is 2.31. The van der Waals surface area contributed by atoms with Gasteiger partial charge in [-0.3, -0.25) is 4.79 Å². The Kier molecular flexibility index (Phi) is 4.36. The summed E-state index contributed by atoms with van der Waals surface area (Å²) in [6, 6.07) is 1.71. The Bertz CT molecular complexity index is 488. The lowest BCUT2D eigenvalue weighted by molar-refractivity contribution is 0.0902. The minimum Gasteiger partial charge on any atom is -0.349 e. The van der Waals surface area contributed by atoms with Gasteiger partial charge in [-0.25, -0.2) is 4.98 Å². The predicted molar refractivity (Wildman–Crippen MR) is 77.8 cm³/mol. The third-order valence-corrected chi connectivity index (χ3v) is 4.11. The highest BCUT2D eigenvalue weighted by Crippen LogP contribution is 2.35.